The molecule has 0 bridgehead atoms. The molecule has 7 nitrogen and oxygen atoms in total. The largest absolute Gasteiger partial charge is 0.325 e. The summed E-state index contributed by atoms with van der Waals surface area (Å²) in [6.45, 7) is 1.84. The van der Waals surface area contributed by atoms with Gasteiger partial charge in [-0.15, -0.1) is 0 Å². The SMILES string of the molecule is Cc1ccc(NC(=O)CCNS(=O)(=O)c2cccc3c2N=S=N3)c(Cl)c1. The molecule has 10 heteroatoms. The third kappa shape index (κ3) is 4.18. The normalized spacial score (nSPS) is 12.5. The Hall–Kier alpha value is -2.07. The molecule has 0 fully saturated rings. The summed E-state index contributed by atoms with van der Waals surface area (Å²) in [7, 11) is -3.79. The standard InChI is InChI=1S/C16H15ClN4O3S2/c1-10-5-6-12(11(17)9-10)19-15(22)7-8-18-26(23,24)14-4-2-3-13-16(14)21-25-20-13/h2-6,9,18H,7-8H2,1H3,(H,19,22). The van der Waals surface area contributed by atoms with Crippen LogP contribution in [0.2, 0.25) is 5.02 Å². The highest BCUT2D eigenvalue weighted by molar-refractivity contribution is 7.89. The number of nitrogens with zero attached hydrogens (tertiary/aromatic N) is 2. The molecule has 2 aromatic carbocycles. The Morgan fingerprint density at radius 1 is 1.23 bits per heavy atom. The molecule has 26 heavy (non-hydrogen) atoms. The quantitative estimate of drug-likeness (QED) is 0.648. The highest BCUT2D eigenvalue weighted by Gasteiger charge is 2.22. The third-order valence-electron chi connectivity index (χ3n) is 3.58. The van der Waals surface area contributed by atoms with Crippen LogP contribution < -0.4 is 10.0 Å². The molecule has 136 valence electrons. The number of carbonyl (C=O) groups is 1. The first kappa shape index (κ1) is 18.7. The molecule has 1 heterocycles. The van der Waals surface area contributed by atoms with Crippen LogP contribution in [0.25, 0.3) is 0 Å². The first-order valence-electron chi connectivity index (χ1n) is 7.64. The summed E-state index contributed by atoms with van der Waals surface area (Å²) >= 11 is 7.01. The Kier molecular flexibility index (Phi) is 5.52. The molecule has 2 aromatic rings. The van der Waals surface area contributed by atoms with Crippen LogP contribution in [-0.4, -0.2) is 20.9 Å². The van der Waals surface area contributed by atoms with E-state index in [4.69, 9.17) is 11.6 Å². The Labute approximate surface area is 159 Å². The Morgan fingerprint density at radius 3 is 2.81 bits per heavy atom. The van der Waals surface area contributed by atoms with Crippen molar-refractivity contribution in [2.24, 2.45) is 8.73 Å². The topological polar surface area (TPSA) is 100.0 Å². The summed E-state index contributed by atoms with van der Waals surface area (Å²) in [5, 5.41) is 3.09. The molecule has 1 aliphatic heterocycles. The van der Waals surface area contributed by atoms with Gasteiger partial charge in [0.15, 0.2) is 0 Å². The van der Waals surface area contributed by atoms with Crippen molar-refractivity contribution in [3.8, 4) is 0 Å². The van der Waals surface area contributed by atoms with Crippen molar-refractivity contribution in [2.75, 3.05) is 11.9 Å². The molecule has 2 N–H and O–H groups in total. The number of halogens is 1. The van der Waals surface area contributed by atoms with E-state index in [0.717, 1.165) is 16.9 Å². The summed E-state index contributed by atoms with van der Waals surface area (Å²) in [4.78, 5) is 12.1. The van der Waals surface area contributed by atoms with Gasteiger partial charge >= 0.3 is 0 Å². The molecule has 0 spiro atoms. The highest BCUT2D eigenvalue weighted by atomic mass is 35.5. The predicted octanol–water partition coefficient (Wildman–Crippen LogP) is 3.68. The highest BCUT2D eigenvalue weighted by Crippen LogP contribution is 2.37. The molecule has 3 rings (SSSR count). The van der Waals surface area contributed by atoms with E-state index in [9.17, 15) is 13.2 Å². The van der Waals surface area contributed by atoms with Gasteiger partial charge in [0.25, 0.3) is 0 Å². The summed E-state index contributed by atoms with van der Waals surface area (Å²) in [5.74, 6) is -0.341. The number of fused-ring (bicyclic) bond motifs is 1. The van der Waals surface area contributed by atoms with Crippen LogP contribution >= 0.6 is 11.6 Å². The smallest absolute Gasteiger partial charge is 0.242 e. The average Bonchev–Trinajstić information content (AvgIpc) is 3.05. The van der Waals surface area contributed by atoms with E-state index < -0.39 is 10.0 Å². The van der Waals surface area contributed by atoms with Crippen LogP contribution in [0.1, 0.15) is 12.0 Å². The maximum Gasteiger partial charge on any atom is 0.242 e. The maximum absolute atomic E-state index is 12.4. The maximum atomic E-state index is 12.4. The van der Waals surface area contributed by atoms with Gasteiger partial charge in [0, 0.05) is 13.0 Å². The van der Waals surface area contributed by atoms with Crippen molar-refractivity contribution in [2.45, 2.75) is 18.2 Å². The Balaban J connectivity index is 1.60. The summed E-state index contributed by atoms with van der Waals surface area (Å²) in [5.41, 5.74) is 2.31. The minimum Gasteiger partial charge on any atom is -0.325 e. The number of aryl methyl sites for hydroxylation is 1. The number of sulfonamides is 1. The fourth-order valence-corrected chi connectivity index (χ4v) is 4.39. The van der Waals surface area contributed by atoms with Gasteiger partial charge in [0.05, 0.1) is 22.1 Å². The van der Waals surface area contributed by atoms with Crippen LogP contribution in [0.3, 0.4) is 0 Å². The molecule has 0 saturated heterocycles. The molecule has 0 atom stereocenters. The lowest BCUT2D eigenvalue weighted by Crippen LogP contribution is -2.28. The minimum absolute atomic E-state index is 0.0330. The molecule has 0 unspecified atom stereocenters. The summed E-state index contributed by atoms with van der Waals surface area (Å²) in [6, 6.07) is 10.0. The number of hydrogen-bond acceptors (Lipinski definition) is 5. The van der Waals surface area contributed by atoms with Crippen molar-refractivity contribution >= 4 is 55.9 Å². The van der Waals surface area contributed by atoms with Gasteiger partial charge < -0.3 is 5.32 Å². The molecule has 1 aliphatic rings. The molecule has 1 amide bonds. The van der Waals surface area contributed by atoms with E-state index in [1.54, 1.807) is 24.3 Å². The first-order valence-corrected chi connectivity index (χ1v) is 10.2. The zero-order valence-electron chi connectivity index (χ0n) is 13.7. The van der Waals surface area contributed by atoms with Crippen molar-refractivity contribution < 1.29 is 13.2 Å². The number of amides is 1. The zero-order chi connectivity index (χ0) is 18.7. The molecule has 0 aliphatic carbocycles. The summed E-state index contributed by atoms with van der Waals surface area (Å²) in [6.07, 6.45) is -0.0330. The third-order valence-corrected chi connectivity index (χ3v) is 5.93. The van der Waals surface area contributed by atoms with E-state index in [1.165, 1.54) is 6.07 Å². The zero-order valence-corrected chi connectivity index (χ0v) is 16.1. The van der Waals surface area contributed by atoms with Crippen molar-refractivity contribution in [3.63, 3.8) is 0 Å². The lowest BCUT2D eigenvalue weighted by Gasteiger charge is -2.10. The molecular formula is C16H15ClN4O3S2. The molecule has 0 radical (unpaired) electrons. The number of rotatable bonds is 6. The van der Waals surface area contributed by atoms with Crippen molar-refractivity contribution in [3.05, 3.63) is 47.0 Å². The van der Waals surface area contributed by atoms with Crippen molar-refractivity contribution in [1.29, 1.82) is 0 Å². The van der Waals surface area contributed by atoms with Gasteiger partial charge in [-0.3, -0.25) is 4.79 Å². The molecular weight excluding hydrogens is 396 g/mol. The van der Waals surface area contributed by atoms with Crippen LogP contribution in [0.15, 0.2) is 50.0 Å². The van der Waals surface area contributed by atoms with Crippen LogP contribution in [0, 0.1) is 6.92 Å². The lowest BCUT2D eigenvalue weighted by molar-refractivity contribution is -0.116. The minimum atomic E-state index is -3.79. The van der Waals surface area contributed by atoms with Crippen LogP contribution in [0.5, 0.6) is 0 Å². The van der Waals surface area contributed by atoms with Gasteiger partial charge in [-0.25, -0.2) is 13.1 Å². The summed E-state index contributed by atoms with van der Waals surface area (Å²) < 4.78 is 35.4. The van der Waals surface area contributed by atoms with E-state index in [0.29, 0.717) is 22.1 Å². The number of anilines is 1. The number of carbonyl (C=O) groups excluding carboxylic acids is 1. The average molecular weight is 411 g/mol. The Bertz CT molecular complexity index is 1050. The van der Waals surface area contributed by atoms with E-state index >= 15 is 0 Å². The molecule has 0 aromatic heterocycles. The predicted molar refractivity (Wildman–Crippen MR) is 103 cm³/mol. The van der Waals surface area contributed by atoms with Gasteiger partial charge in [0.2, 0.25) is 15.9 Å². The number of benzene rings is 2. The van der Waals surface area contributed by atoms with Gasteiger partial charge in [-0.05, 0) is 36.8 Å². The second-order valence-electron chi connectivity index (χ2n) is 5.57. The van der Waals surface area contributed by atoms with E-state index in [-0.39, 0.29) is 23.8 Å². The van der Waals surface area contributed by atoms with Crippen molar-refractivity contribution in [1.82, 2.24) is 4.72 Å². The monoisotopic (exact) mass is 410 g/mol. The molecule has 0 saturated carbocycles. The number of hydrogen-bond donors (Lipinski definition) is 2. The fraction of sp³-hybridized carbons (Fsp3) is 0.188. The second kappa shape index (κ2) is 7.67. The Morgan fingerprint density at radius 2 is 2.04 bits per heavy atom. The fourth-order valence-electron chi connectivity index (χ4n) is 2.31. The van der Waals surface area contributed by atoms with E-state index in [2.05, 4.69) is 18.8 Å². The van der Waals surface area contributed by atoms with E-state index in [1.807, 2.05) is 13.0 Å². The van der Waals surface area contributed by atoms with Crippen LogP contribution in [-0.2, 0) is 26.2 Å². The van der Waals surface area contributed by atoms with Crippen LogP contribution in [0.4, 0.5) is 17.1 Å². The first-order chi connectivity index (χ1) is 12.4. The lowest BCUT2D eigenvalue weighted by atomic mass is 10.2. The number of nitrogens with one attached hydrogen (secondary N) is 2. The van der Waals surface area contributed by atoms with Gasteiger partial charge in [0.1, 0.15) is 16.3 Å². The second-order valence-corrected chi connectivity index (χ2v) is 8.24. The van der Waals surface area contributed by atoms with Gasteiger partial charge in [-0.1, -0.05) is 23.7 Å². The van der Waals surface area contributed by atoms with Gasteiger partial charge in [-0.2, -0.15) is 8.73 Å².